The van der Waals surface area contributed by atoms with Crippen LogP contribution < -0.4 is 4.90 Å². The normalized spacial score (nSPS) is 21.8. The molecule has 0 saturated carbocycles. The summed E-state index contributed by atoms with van der Waals surface area (Å²) in [5.74, 6) is 0. The molecule has 1 aliphatic carbocycles. The van der Waals surface area contributed by atoms with E-state index in [1.165, 1.54) is 29.5 Å². The Bertz CT molecular complexity index is 772. The second kappa shape index (κ2) is 6.10. The topological polar surface area (TPSA) is 25.4 Å². The highest BCUT2D eigenvalue weighted by atomic mass is 32.1. The van der Waals surface area contributed by atoms with E-state index in [0.717, 1.165) is 37.1 Å². The van der Waals surface area contributed by atoms with Crippen molar-refractivity contribution in [1.29, 1.82) is 0 Å². The van der Waals surface area contributed by atoms with Crippen LogP contribution in [-0.2, 0) is 15.6 Å². The van der Waals surface area contributed by atoms with Crippen molar-refractivity contribution in [2.24, 2.45) is 0 Å². The van der Waals surface area contributed by atoms with Gasteiger partial charge >= 0.3 is 0 Å². The van der Waals surface area contributed by atoms with Gasteiger partial charge < -0.3 is 9.64 Å². The van der Waals surface area contributed by atoms with E-state index in [9.17, 15) is 0 Å². The summed E-state index contributed by atoms with van der Waals surface area (Å²) < 4.78 is 5.45. The van der Waals surface area contributed by atoms with E-state index in [4.69, 9.17) is 9.72 Å². The number of hydrogen-bond acceptors (Lipinski definition) is 4. The summed E-state index contributed by atoms with van der Waals surface area (Å²) in [5, 5.41) is 3.32. The molecule has 134 valence electrons. The SMILES string of the molecule is CC1(C)CCC(C)(C)c2cc(-c3csc(N4CCOCC4)n3)ccc21. The van der Waals surface area contributed by atoms with Crippen LogP contribution in [0.5, 0.6) is 0 Å². The Hall–Kier alpha value is -1.39. The van der Waals surface area contributed by atoms with Crippen molar-refractivity contribution < 1.29 is 4.74 Å². The number of hydrogen-bond donors (Lipinski definition) is 0. The highest BCUT2D eigenvalue weighted by molar-refractivity contribution is 7.14. The standard InChI is InChI=1S/C21H28N2OS/c1-20(2)7-8-21(3,4)17-13-15(5-6-16(17)20)18-14-25-19(22-18)23-9-11-24-12-10-23/h5-6,13-14H,7-12H2,1-4H3. The first-order valence-corrected chi connectivity index (χ1v) is 10.2. The highest BCUT2D eigenvalue weighted by Crippen LogP contribution is 2.46. The highest BCUT2D eigenvalue weighted by Gasteiger charge is 2.37. The summed E-state index contributed by atoms with van der Waals surface area (Å²) >= 11 is 1.75. The first-order valence-electron chi connectivity index (χ1n) is 9.30. The van der Waals surface area contributed by atoms with Crippen molar-refractivity contribution in [1.82, 2.24) is 4.98 Å². The third-order valence-corrected chi connectivity index (χ3v) is 6.82. The van der Waals surface area contributed by atoms with E-state index < -0.39 is 0 Å². The van der Waals surface area contributed by atoms with Gasteiger partial charge in [0.05, 0.1) is 18.9 Å². The number of anilines is 1. The first kappa shape index (κ1) is 17.0. The first-order chi connectivity index (χ1) is 11.9. The molecule has 25 heavy (non-hydrogen) atoms. The largest absolute Gasteiger partial charge is 0.378 e. The molecule has 0 atom stereocenters. The minimum atomic E-state index is 0.240. The number of fused-ring (bicyclic) bond motifs is 1. The van der Waals surface area contributed by atoms with Gasteiger partial charge in [-0.25, -0.2) is 4.98 Å². The van der Waals surface area contributed by atoms with Crippen molar-refractivity contribution in [2.75, 3.05) is 31.2 Å². The Morgan fingerprint density at radius 2 is 1.68 bits per heavy atom. The molecule has 0 N–H and O–H groups in total. The van der Waals surface area contributed by atoms with Gasteiger partial charge in [0.2, 0.25) is 0 Å². The summed E-state index contributed by atoms with van der Waals surface area (Å²) in [6.45, 7) is 13.0. The lowest BCUT2D eigenvalue weighted by atomic mass is 9.63. The Morgan fingerprint density at radius 1 is 1.00 bits per heavy atom. The fourth-order valence-electron chi connectivity index (χ4n) is 4.04. The molecule has 1 aliphatic heterocycles. The zero-order valence-electron chi connectivity index (χ0n) is 15.8. The molecule has 1 aromatic heterocycles. The van der Waals surface area contributed by atoms with E-state index in [-0.39, 0.29) is 10.8 Å². The molecule has 0 amide bonds. The zero-order chi connectivity index (χ0) is 17.7. The van der Waals surface area contributed by atoms with Gasteiger partial charge in [-0.05, 0) is 40.9 Å². The molecule has 1 fully saturated rings. The molecule has 4 heteroatoms. The minimum Gasteiger partial charge on any atom is -0.378 e. The Kier molecular flexibility index (Phi) is 4.16. The van der Waals surface area contributed by atoms with Gasteiger partial charge in [0.1, 0.15) is 0 Å². The predicted molar refractivity (Wildman–Crippen MR) is 106 cm³/mol. The third kappa shape index (κ3) is 3.11. The van der Waals surface area contributed by atoms with Gasteiger partial charge in [-0.2, -0.15) is 0 Å². The van der Waals surface area contributed by atoms with Crippen LogP contribution in [0.1, 0.15) is 51.7 Å². The maximum Gasteiger partial charge on any atom is 0.186 e. The van der Waals surface area contributed by atoms with E-state index in [1.807, 2.05) is 0 Å². The molecule has 4 rings (SSSR count). The van der Waals surface area contributed by atoms with Gasteiger partial charge in [-0.1, -0.05) is 39.8 Å². The molecule has 2 heterocycles. The number of nitrogens with zero attached hydrogens (tertiary/aromatic N) is 2. The summed E-state index contributed by atoms with van der Waals surface area (Å²) in [5.41, 5.74) is 5.88. The molecule has 1 saturated heterocycles. The monoisotopic (exact) mass is 356 g/mol. The predicted octanol–water partition coefficient (Wildman–Crippen LogP) is 5.00. The van der Waals surface area contributed by atoms with Gasteiger partial charge in [0.25, 0.3) is 0 Å². The molecule has 2 aliphatic rings. The van der Waals surface area contributed by atoms with E-state index in [2.05, 4.69) is 56.2 Å². The Morgan fingerprint density at radius 3 is 2.40 bits per heavy atom. The molecule has 0 radical (unpaired) electrons. The van der Waals surface area contributed by atoms with Crippen molar-refractivity contribution in [2.45, 2.75) is 51.4 Å². The lowest BCUT2D eigenvalue weighted by Gasteiger charge is -2.42. The Balaban J connectivity index is 1.69. The molecular weight excluding hydrogens is 328 g/mol. The zero-order valence-corrected chi connectivity index (χ0v) is 16.6. The van der Waals surface area contributed by atoms with Crippen molar-refractivity contribution in [3.8, 4) is 11.3 Å². The lowest BCUT2D eigenvalue weighted by molar-refractivity contribution is 0.122. The number of thiazole rings is 1. The van der Waals surface area contributed by atoms with Crippen molar-refractivity contribution in [3.05, 3.63) is 34.7 Å². The maximum absolute atomic E-state index is 5.45. The average molecular weight is 357 g/mol. The minimum absolute atomic E-state index is 0.240. The van der Waals surface area contributed by atoms with Crippen molar-refractivity contribution in [3.63, 3.8) is 0 Å². The van der Waals surface area contributed by atoms with E-state index >= 15 is 0 Å². The molecule has 0 spiro atoms. The summed E-state index contributed by atoms with van der Waals surface area (Å²) in [6, 6.07) is 7.01. The molecule has 3 nitrogen and oxygen atoms in total. The fourth-order valence-corrected chi connectivity index (χ4v) is 4.93. The lowest BCUT2D eigenvalue weighted by Crippen LogP contribution is -2.36. The van der Waals surface area contributed by atoms with Crippen LogP contribution in [0.4, 0.5) is 5.13 Å². The molecule has 1 aromatic carbocycles. The fraction of sp³-hybridized carbons (Fsp3) is 0.571. The average Bonchev–Trinajstić information content (AvgIpc) is 3.10. The van der Waals surface area contributed by atoms with Crippen LogP contribution >= 0.6 is 11.3 Å². The number of morpholine rings is 1. The summed E-state index contributed by atoms with van der Waals surface area (Å²) in [4.78, 5) is 7.26. The van der Waals surface area contributed by atoms with Crippen LogP contribution in [0.15, 0.2) is 23.6 Å². The summed E-state index contributed by atoms with van der Waals surface area (Å²) in [6.07, 6.45) is 2.50. The van der Waals surface area contributed by atoms with Crippen LogP contribution in [0.3, 0.4) is 0 Å². The molecule has 0 unspecified atom stereocenters. The van der Waals surface area contributed by atoms with Crippen LogP contribution in [0.25, 0.3) is 11.3 Å². The second-order valence-corrected chi connectivity index (χ2v) is 9.48. The third-order valence-electron chi connectivity index (χ3n) is 5.92. The Labute approximate surface area is 155 Å². The van der Waals surface area contributed by atoms with Crippen LogP contribution in [0.2, 0.25) is 0 Å². The van der Waals surface area contributed by atoms with Gasteiger partial charge in [-0.3, -0.25) is 0 Å². The quantitative estimate of drug-likeness (QED) is 0.757. The van der Waals surface area contributed by atoms with Crippen LogP contribution in [0, 0.1) is 0 Å². The van der Waals surface area contributed by atoms with Gasteiger partial charge in [0.15, 0.2) is 5.13 Å². The smallest absolute Gasteiger partial charge is 0.186 e. The van der Waals surface area contributed by atoms with E-state index in [0.29, 0.717) is 0 Å². The van der Waals surface area contributed by atoms with Crippen LogP contribution in [-0.4, -0.2) is 31.3 Å². The molecular formula is C21H28N2OS. The van der Waals surface area contributed by atoms with Crippen molar-refractivity contribution >= 4 is 16.5 Å². The molecule has 2 aromatic rings. The summed E-state index contributed by atoms with van der Waals surface area (Å²) in [7, 11) is 0. The maximum atomic E-state index is 5.45. The van der Waals surface area contributed by atoms with Gasteiger partial charge in [0, 0.05) is 24.0 Å². The number of ether oxygens (including phenoxy) is 1. The number of rotatable bonds is 2. The number of benzene rings is 1. The molecule has 0 bridgehead atoms. The second-order valence-electron chi connectivity index (χ2n) is 8.64. The van der Waals surface area contributed by atoms with E-state index in [1.54, 1.807) is 11.3 Å². The number of aromatic nitrogens is 1. The van der Waals surface area contributed by atoms with Gasteiger partial charge in [-0.15, -0.1) is 11.3 Å².